The van der Waals surface area contributed by atoms with Crippen molar-refractivity contribution in [1.29, 1.82) is 0 Å². The van der Waals surface area contributed by atoms with E-state index in [1.165, 1.54) is 12.8 Å². The third-order valence-corrected chi connectivity index (χ3v) is 2.50. The standard InChI is InChI=1S/C9H14ClN3/c1-7(4-11-9-2-3-9)13-6-8(10)5-12-13/h5-7,9,11H,2-4H2,1H3. The van der Waals surface area contributed by atoms with Crippen molar-refractivity contribution in [2.24, 2.45) is 0 Å². The van der Waals surface area contributed by atoms with Crippen LogP contribution in [0.3, 0.4) is 0 Å². The van der Waals surface area contributed by atoms with Crippen molar-refractivity contribution in [3.05, 3.63) is 17.4 Å². The molecule has 0 radical (unpaired) electrons. The van der Waals surface area contributed by atoms with Gasteiger partial charge in [-0.25, -0.2) is 0 Å². The lowest BCUT2D eigenvalue weighted by Crippen LogP contribution is -2.25. The van der Waals surface area contributed by atoms with Crippen molar-refractivity contribution in [2.45, 2.75) is 31.8 Å². The van der Waals surface area contributed by atoms with Gasteiger partial charge in [-0.05, 0) is 19.8 Å². The molecule has 72 valence electrons. The van der Waals surface area contributed by atoms with Crippen LogP contribution in [0.15, 0.2) is 12.4 Å². The van der Waals surface area contributed by atoms with Gasteiger partial charge < -0.3 is 5.32 Å². The van der Waals surface area contributed by atoms with Crippen molar-refractivity contribution in [1.82, 2.24) is 15.1 Å². The second-order valence-corrected chi connectivity index (χ2v) is 4.11. The highest BCUT2D eigenvalue weighted by molar-refractivity contribution is 6.30. The highest BCUT2D eigenvalue weighted by Crippen LogP contribution is 2.19. The van der Waals surface area contributed by atoms with Gasteiger partial charge in [-0.2, -0.15) is 5.10 Å². The van der Waals surface area contributed by atoms with Crippen LogP contribution in [-0.2, 0) is 0 Å². The summed E-state index contributed by atoms with van der Waals surface area (Å²) in [7, 11) is 0. The Morgan fingerprint density at radius 3 is 3.08 bits per heavy atom. The summed E-state index contributed by atoms with van der Waals surface area (Å²) >= 11 is 5.78. The molecule has 3 nitrogen and oxygen atoms in total. The molecule has 1 atom stereocenters. The second-order valence-electron chi connectivity index (χ2n) is 3.67. The molecule has 1 unspecified atom stereocenters. The number of nitrogens with zero attached hydrogens (tertiary/aromatic N) is 2. The van der Waals surface area contributed by atoms with Crippen LogP contribution < -0.4 is 5.32 Å². The monoisotopic (exact) mass is 199 g/mol. The molecule has 0 bridgehead atoms. The van der Waals surface area contributed by atoms with E-state index in [1.54, 1.807) is 6.20 Å². The molecule has 13 heavy (non-hydrogen) atoms. The summed E-state index contributed by atoms with van der Waals surface area (Å²) < 4.78 is 1.90. The molecular formula is C9H14ClN3. The molecule has 4 heteroatoms. The predicted octanol–water partition coefficient (Wildman–Crippen LogP) is 1.85. The molecular weight excluding hydrogens is 186 g/mol. The summed E-state index contributed by atoms with van der Waals surface area (Å²) in [5.41, 5.74) is 0. The van der Waals surface area contributed by atoms with Crippen molar-refractivity contribution in [2.75, 3.05) is 6.54 Å². The summed E-state index contributed by atoms with van der Waals surface area (Å²) in [5.74, 6) is 0. The number of aromatic nitrogens is 2. The van der Waals surface area contributed by atoms with Crippen LogP contribution in [0.4, 0.5) is 0 Å². The van der Waals surface area contributed by atoms with Crippen molar-refractivity contribution < 1.29 is 0 Å². The van der Waals surface area contributed by atoms with Crippen molar-refractivity contribution in [3.63, 3.8) is 0 Å². The number of nitrogens with one attached hydrogen (secondary N) is 1. The largest absolute Gasteiger partial charge is 0.312 e. The van der Waals surface area contributed by atoms with Crippen molar-refractivity contribution in [3.8, 4) is 0 Å². The Labute approximate surface area is 83.1 Å². The van der Waals surface area contributed by atoms with Crippen LogP contribution in [0.25, 0.3) is 0 Å². The average molecular weight is 200 g/mol. The fourth-order valence-electron chi connectivity index (χ4n) is 1.27. The lowest BCUT2D eigenvalue weighted by Gasteiger charge is -2.12. The quantitative estimate of drug-likeness (QED) is 0.802. The fourth-order valence-corrected chi connectivity index (χ4v) is 1.42. The Morgan fingerprint density at radius 1 is 1.77 bits per heavy atom. The van der Waals surface area contributed by atoms with Crippen LogP contribution in [0.1, 0.15) is 25.8 Å². The van der Waals surface area contributed by atoms with Gasteiger partial charge in [0.25, 0.3) is 0 Å². The SMILES string of the molecule is CC(CNC1CC1)n1cc(Cl)cn1. The number of rotatable bonds is 4. The van der Waals surface area contributed by atoms with Crippen molar-refractivity contribution >= 4 is 11.6 Å². The smallest absolute Gasteiger partial charge is 0.0785 e. The summed E-state index contributed by atoms with van der Waals surface area (Å²) in [6, 6.07) is 1.14. The van der Waals surface area contributed by atoms with Gasteiger partial charge in [0.1, 0.15) is 0 Å². The number of hydrogen-bond donors (Lipinski definition) is 1. The highest BCUT2D eigenvalue weighted by Gasteiger charge is 2.21. The maximum atomic E-state index is 5.78. The zero-order valence-corrected chi connectivity index (χ0v) is 8.46. The number of halogens is 1. The maximum absolute atomic E-state index is 5.78. The second kappa shape index (κ2) is 3.68. The molecule has 1 saturated carbocycles. The fraction of sp³-hybridized carbons (Fsp3) is 0.667. The van der Waals surface area contributed by atoms with Crippen LogP contribution in [-0.4, -0.2) is 22.4 Å². The van der Waals surface area contributed by atoms with E-state index in [4.69, 9.17) is 11.6 Å². The van der Waals surface area contributed by atoms with E-state index < -0.39 is 0 Å². The Bertz CT molecular complexity index is 280. The molecule has 0 amide bonds. The van der Waals surface area contributed by atoms with Crippen LogP contribution in [0.5, 0.6) is 0 Å². The first kappa shape index (κ1) is 9.03. The van der Waals surface area contributed by atoms with E-state index in [9.17, 15) is 0 Å². The molecule has 1 N–H and O–H groups in total. The van der Waals surface area contributed by atoms with Gasteiger partial charge in [-0.3, -0.25) is 4.68 Å². The van der Waals surface area contributed by atoms with E-state index in [-0.39, 0.29) is 0 Å². The normalized spacial score (nSPS) is 18.9. The molecule has 1 heterocycles. The van der Waals surface area contributed by atoms with Gasteiger partial charge in [-0.15, -0.1) is 0 Å². The minimum atomic E-state index is 0.382. The minimum absolute atomic E-state index is 0.382. The topological polar surface area (TPSA) is 29.9 Å². The summed E-state index contributed by atoms with van der Waals surface area (Å²) in [5, 5.41) is 8.33. The molecule has 0 spiro atoms. The van der Waals surface area contributed by atoms with Gasteiger partial charge in [0, 0.05) is 18.8 Å². The Kier molecular flexibility index (Phi) is 2.56. The zero-order valence-electron chi connectivity index (χ0n) is 7.70. The van der Waals surface area contributed by atoms with E-state index in [0.717, 1.165) is 12.6 Å². The Morgan fingerprint density at radius 2 is 2.54 bits per heavy atom. The van der Waals surface area contributed by atoms with E-state index >= 15 is 0 Å². The highest BCUT2D eigenvalue weighted by atomic mass is 35.5. The minimum Gasteiger partial charge on any atom is -0.312 e. The Hall–Kier alpha value is -0.540. The van der Waals surface area contributed by atoms with Gasteiger partial charge in [-0.1, -0.05) is 11.6 Å². The van der Waals surface area contributed by atoms with Gasteiger partial charge >= 0.3 is 0 Å². The van der Waals surface area contributed by atoms with E-state index in [1.807, 2.05) is 10.9 Å². The molecule has 1 aromatic rings. The van der Waals surface area contributed by atoms with E-state index in [0.29, 0.717) is 11.1 Å². The van der Waals surface area contributed by atoms with Crippen LogP contribution in [0, 0.1) is 0 Å². The zero-order chi connectivity index (χ0) is 9.26. The molecule has 1 aliphatic rings. The third kappa shape index (κ3) is 2.45. The van der Waals surface area contributed by atoms with Crippen LogP contribution in [0.2, 0.25) is 5.02 Å². The first-order valence-corrected chi connectivity index (χ1v) is 5.06. The molecule has 1 aromatic heterocycles. The maximum Gasteiger partial charge on any atom is 0.0785 e. The van der Waals surface area contributed by atoms with Gasteiger partial charge in [0.2, 0.25) is 0 Å². The average Bonchev–Trinajstić information content (AvgIpc) is 2.84. The summed E-state index contributed by atoms with van der Waals surface area (Å²) in [6.45, 7) is 3.11. The third-order valence-electron chi connectivity index (χ3n) is 2.30. The Balaban J connectivity index is 1.84. The first-order chi connectivity index (χ1) is 6.25. The van der Waals surface area contributed by atoms with Gasteiger partial charge in [0.15, 0.2) is 0 Å². The summed E-state index contributed by atoms with van der Waals surface area (Å²) in [6.07, 6.45) is 6.19. The van der Waals surface area contributed by atoms with Gasteiger partial charge in [0.05, 0.1) is 17.3 Å². The summed E-state index contributed by atoms with van der Waals surface area (Å²) in [4.78, 5) is 0. The number of hydrogen-bond acceptors (Lipinski definition) is 2. The molecule has 0 aliphatic heterocycles. The lowest BCUT2D eigenvalue weighted by atomic mass is 10.3. The molecule has 1 fully saturated rings. The van der Waals surface area contributed by atoms with Crippen LogP contribution >= 0.6 is 11.6 Å². The molecule has 0 saturated heterocycles. The molecule has 0 aromatic carbocycles. The first-order valence-electron chi connectivity index (χ1n) is 4.69. The molecule has 2 rings (SSSR count). The lowest BCUT2D eigenvalue weighted by molar-refractivity contribution is 0.452. The molecule has 1 aliphatic carbocycles. The van der Waals surface area contributed by atoms with E-state index in [2.05, 4.69) is 17.3 Å². The predicted molar refractivity (Wildman–Crippen MR) is 53.0 cm³/mol.